The van der Waals surface area contributed by atoms with Gasteiger partial charge in [0.1, 0.15) is 0 Å². The number of ether oxygens (including phenoxy) is 1. The number of aromatic nitrogens is 3. The van der Waals surface area contributed by atoms with Gasteiger partial charge in [0.05, 0.1) is 23.7 Å². The van der Waals surface area contributed by atoms with Crippen LogP contribution in [-0.4, -0.2) is 57.9 Å². The molecule has 4 rings (SSSR count). The molecule has 0 amide bonds. The zero-order chi connectivity index (χ0) is 19.3. The maximum atomic E-state index is 5.55. The Bertz CT molecular complexity index is 751. The van der Waals surface area contributed by atoms with Gasteiger partial charge in [-0.3, -0.25) is 19.5 Å². The van der Waals surface area contributed by atoms with Crippen LogP contribution in [0.2, 0.25) is 0 Å². The monoisotopic (exact) mass is 383 g/mol. The quantitative estimate of drug-likeness (QED) is 0.736. The minimum Gasteiger partial charge on any atom is -0.381 e. The maximum absolute atomic E-state index is 5.55. The van der Waals surface area contributed by atoms with Crippen molar-refractivity contribution in [1.82, 2.24) is 24.6 Å². The second-order valence-electron chi connectivity index (χ2n) is 8.35. The standard InChI is InChI=1S/C22H33N5O/c1-3-18-5-6-20(23-12-18)14-25(2)15-21-11-22-16-26(8-4-9-27(22)24-21)13-19-7-10-28-17-19/h5-6,11-12,19H,3-4,7-10,13-17H2,1-2H3. The number of hydrogen-bond donors (Lipinski definition) is 0. The van der Waals surface area contributed by atoms with E-state index in [1.165, 1.54) is 24.1 Å². The van der Waals surface area contributed by atoms with E-state index in [2.05, 4.69) is 51.6 Å². The van der Waals surface area contributed by atoms with Crippen molar-refractivity contribution in [2.45, 2.75) is 52.4 Å². The Morgan fingerprint density at radius 3 is 2.86 bits per heavy atom. The summed E-state index contributed by atoms with van der Waals surface area (Å²) in [5.41, 5.74) is 4.92. The molecule has 6 nitrogen and oxygen atoms in total. The highest BCUT2D eigenvalue weighted by atomic mass is 16.5. The zero-order valence-corrected chi connectivity index (χ0v) is 17.3. The summed E-state index contributed by atoms with van der Waals surface area (Å²) in [6.45, 7) is 10.1. The highest BCUT2D eigenvalue weighted by Gasteiger charge is 2.22. The predicted molar refractivity (Wildman–Crippen MR) is 110 cm³/mol. The minimum atomic E-state index is 0.701. The Kier molecular flexibility index (Phi) is 6.40. The van der Waals surface area contributed by atoms with Crippen LogP contribution in [0.4, 0.5) is 0 Å². The predicted octanol–water partition coefficient (Wildman–Crippen LogP) is 2.71. The smallest absolute Gasteiger partial charge is 0.0768 e. The summed E-state index contributed by atoms with van der Waals surface area (Å²) >= 11 is 0. The van der Waals surface area contributed by atoms with Crippen LogP contribution in [0.5, 0.6) is 0 Å². The van der Waals surface area contributed by atoms with E-state index in [0.29, 0.717) is 5.92 Å². The molecule has 152 valence electrons. The second kappa shape index (κ2) is 9.16. The SMILES string of the molecule is CCc1ccc(CN(C)Cc2cc3n(n2)CCCN(CC2CCOC2)C3)nc1. The van der Waals surface area contributed by atoms with Gasteiger partial charge in [-0.15, -0.1) is 0 Å². The molecular formula is C22H33N5O. The molecule has 2 aliphatic rings. The van der Waals surface area contributed by atoms with Crippen molar-refractivity contribution in [3.63, 3.8) is 0 Å². The van der Waals surface area contributed by atoms with Gasteiger partial charge in [0.25, 0.3) is 0 Å². The Labute approximate surface area is 168 Å². The maximum Gasteiger partial charge on any atom is 0.0768 e. The topological polar surface area (TPSA) is 46.4 Å². The fourth-order valence-electron chi connectivity index (χ4n) is 4.28. The molecule has 6 heteroatoms. The summed E-state index contributed by atoms with van der Waals surface area (Å²) < 4.78 is 7.78. The summed E-state index contributed by atoms with van der Waals surface area (Å²) in [6, 6.07) is 6.62. The molecule has 0 spiro atoms. The molecule has 0 N–H and O–H groups in total. The zero-order valence-electron chi connectivity index (χ0n) is 17.3. The third-order valence-electron chi connectivity index (χ3n) is 5.84. The normalized spacial score (nSPS) is 20.5. The molecule has 1 fully saturated rings. The number of rotatable bonds is 7. The first kappa shape index (κ1) is 19.6. The van der Waals surface area contributed by atoms with Crippen molar-refractivity contribution < 1.29 is 4.74 Å². The number of hydrogen-bond acceptors (Lipinski definition) is 5. The lowest BCUT2D eigenvalue weighted by Crippen LogP contribution is -2.29. The average molecular weight is 384 g/mol. The lowest BCUT2D eigenvalue weighted by atomic mass is 10.1. The first-order chi connectivity index (χ1) is 13.7. The van der Waals surface area contributed by atoms with Crippen LogP contribution in [0.15, 0.2) is 24.4 Å². The van der Waals surface area contributed by atoms with Crippen LogP contribution in [0.3, 0.4) is 0 Å². The van der Waals surface area contributed by atoms with E-state index in [0.717, 1.165) is 70.3 Å². The Morgan fingerprint density at radius 2 is 2.11 bits per heavy atom. The van der Waals surface area contributed by atoms with Gasteiger partial charge in [-0.2, -0.15) is 5.10 Å². The lowest BCUT2D eigenvalue weighted by Gasteiger charge is -2.22. The molecule has 0 aliphatic carbocycles. The lowest BCUT2D eigenvalue weighted by molar-refractivity contribution is 0.165. The molecule has 4 heterocycles. The molecule has 0 aromatic carbocycles. The molecule has 0 radical (unpaired) electrons. The van der Waals surface area contributed by atoms with Gasteiger partial charge in [0.2, 0.25) is 0 Å². The van der Waals surface area contributed by atoms with Gasteiger partial charge in [-0.1, -0.05) is 13.0 Å². The van der Waals surface area contributed by atoms with Crippen molar-refractivity contribution >= 4 is 0 Å². The minimum absolute atomic E-state index is 0.701. The van der Waals surface area contributed by atoms with E-state index < -0.39 is 0 Å². The molecule has 28 heavy (non-hydrogen) atoms. The van der Waals surface area contributed by atoms with E-state index in [1.807, 2.05) is 6.20 Å². The van der Waals surface area contributed by atoms with E-state index in [4.69, 9.17) is 9.84 Å². The van der Waals surface area contributed by atoms with Crippen LogP contribution in [0, 0.1) is 5.92 Å². The van der Waals surface area contributed by atoms with Gasteiger partial charge >= 0.3 is 0 Å². The Hall–Kier alpha value is -1.76. The van der Waals surface area contributed by atoms with Crippen molar-refractivity contribution in [3.8, 4) is 0 Å². The fraction of sp³-hybridized carbons (Fsp3) is 0.636. The molecule has 1 saturated heterocycles. The highest BCUT2D eigenvalue weighted by molar-refractivity contribution is 5.15. The molecule has 1 atom stereocenters. The van der Waals surface area contributed by atoms with Gasteiger partial charge in [0, 0.05) is 52.1 Å². The largest absolute Gasteiger partial charge is 0.381 e. The van der Waals surface area contributed by atoms with Gasteiger partial charge in [-0.25, -0.2) is 0 Å². The molecule has 0 bridgehead atoms. The molecule has 1 unspecified atom stereocenters. The van der Waals surface area contributed by atoms with Gasteiger partial charge in [0.15, 0.2) is 0 Å². The molecule has 2 aliphatic heterocycles. The summed E-state index contributed by atoms with van der Waals surface area (Å²) in [5.74, 6) is 0.701. The Morgan fingerprint density at radius 1 is 1.21 bits per heavy atom. The third kappa shape index (κ3) is 4.99. The van der Waals surface area contributed by atoms with Crippen LogP contribution >= 0.6 is 0 Å². The van der Waals surface area contributed by atoms with Crippen molar-refractivity contribution in [2.75, 3.05) is 33.4 Å². The highest BCUT2D eigenvalue weighted by Crippen LogP contribution is 2.19. The van der Waals surface area contributed by atoms with E-state index in [-0.39, 0.29) is 0 Å². The van der Waals surface area contributed by atoms with Gasteiger partial charge in [-0.05, 0) is 49.9 Å². The van der Waals surface area contributed by atoms with Crippen LogP contribution in [0.1, 0.15) is 42.4 Å². The van der Waals surface area contributed by atoms with E-state index in [1.54, 1.807) is 0 Å². The molecule has 2 aromatic rings. The van der Waals surface area contributed by atoms with Crippen LogP contribution in [0.25, 0.3) is 0 Å². The van der Waals surface area contributed by atoms with E-state index >= 15 is 0 Å². The number of aryl methyl sites for hydroxylation is 2. The summed E-state index contributed by atoms with van der Waals surface area (Å²) in [7, 11) is 2.15. The third-order valence-corrected chi connectivity index (χ3v) is 5.84. The van der Waals surface area contributed by atoms with Crippen molar-refractivity contribution in [3.05, 3.63) is 47.0 Å². The van der Waals surface area contributed by atoms with Crippen molar-refractivity contribution in [1.29, 1.82) is 0 Å². The molecule has 2 aromatic heterocycles. The second-order valence-corrected chi connectivity index (χ2v) is 8.35. The fourth-order valence-corrected chi connectivity index (χ4v) is 4.28. The number of nitrogens with zero attached hydrogens (tertiary/aromatic N) is 5. The van der Waals surface area contributed by atoms with Crippen molar-refractivity contribution in [2.24, 2.45) is 5.92 Å². The molecule has 0 saturated carbocycles. The average Bonchev–Trinajstić information content (AvgIpc) is 3.28. The summed E-state index contributed by atoms with van der Waals surface area (Å²) in [5, 5.41) is 4.89. The first-order valence-corrected chi connectivity index (χ1v) is 10.7. The number of fused-ring (bicyclic) bond motifs is 1. The number of pyridine rings is 1. The summed E-state index contributed by atoms with van der Waals surface area (Å²) in [4.78, 5) is 9.47. The Balaban J connectivity index is 1.34. The first-order valence-electron chi connectivity index (χ1n) is 10.7. The van der Waals surface area contributed by atoms with Crippen LogP contribution in [-0.2, 0) is 37.3 Å². The van der Waals surface area contributed by atoms with Gasteiger partial charge < -0.3 is 4.74 Å². The van der Waals surface area contributed by atoms with Crippen LogP contribution < -0.4 is 0 Å². The molecular weight excluding hydrogens is 350 g/mol. The summed E-state index contributed by atoms with van der Waals surface area (Å²) in [6.07, 6.45) is 5.41. The van der Waals surface area contributed by atoms with E-state index in [9.17, 15) is 0 Å².